The van der Waals surface area contributed by atoms with Gasteiger partial charge in [-0.3, -0.25) is 0 Å². The molecule has 0 aliphatic rings. The van der Waals surface area contributed by atoms with Crippen LogP contribution in [-0.2, 0) is 0 Å². The highest BCUT2D eigenvalue weighted by atomic mass is 14.3. The van der Waals surface area contributed by atoms with Crippen LogP contribution in [0.1, 0.15) is 0 Å². The summed E-state index contributed by atoms with van der Waals surface area (Å²) in [6.45, 7) is 0. The van der Waals surface area contributed by atoms with Crippen molar-refractivity contribution in [1.29, 1.82) is 0 Å². The van der Waals surface area contributed by atoms with Gasteiger partial charge in [-0.05, 0) is 152 Å². The number of rotatable bonds is 8. The summed E-state index contributed by atoms with van der Waals surface area (Å²) < 4.78 is 0. The Hall–Kier alpha value is -8.32. The predicted octanol–water partition coefficient (Wildman–Crippen LogP) is 17.9. The van der Waals surface area contributed by atoms with Crippen LogP contribution in [0.15, 0.2) is 255 Å². The molecule has 64 heavy (non-hydrogen) atoms. The molecule has 0 nitrogen and oxygen atoms in total. The van der Waals surface area contributed by atoms with E-state index in [-0.39, 0.29) is 0 Å². The van der Waals surface area contributed by atoms with Crippen LogP contribution in [0.4, 0.5) is 0 Å². The largest absolute Gasteiger partial charge is 0.0622 e. The highest BCUT2D eigenvalue weighted by Gasteiger charge is 2.27. The van der Waals surface area contributed by atoms with Gasteiger partial charge in [0.1, 0.15) is 0 Å². The molecule has 0 heterocycles. The average Bonchev–Trinajstić information content (AvgIpc) is 3.38. The van der Waals surface area contributed by atoms with Crippen molar-refractivity contribution in [3.8, 4) is 89.0 Å². The summed E-state index contributed by atoms with van der Waals surface area (Å²) in [5, 5.41) is 7.57. The topological polar surface area (TPSA) is 0 Å². The summed E-state index contributed by atoms with van der Waals surface area (Å²) in [6, 6.07) is 93.9. The molecule has 0 heteroatoms. The van der Waals surface area contributed by atoms with Crippen molar-refractivity contribution in [1.82, 2.24) is 0 Å². The van der Waals surface area contributed by atoms with Crippen molar-refractivity contribution >= 4 is 32.3 Å². The van der Waals surface area contributed by atoms with E-state index in [1.807, 2.05) is 0 Å². The molecule has 0 aliphatic heterocycles. The second kappa shape index (κ2) is 15.9. The van der Waals surface area contributed by atoms with Crippen molar-refractivity contribution < 1.29 is 0 Å². The van der Waals surface area contributed by atoms with Crippen LogP contribution in [0.25, 0.3) is 121 Å². The van der Waals surface area contributed by atoms with Gasteiger partial charge >= 0.3 is 0 Å². The van der Waals surface area contributed by atoms with E-state index in [2.05, 4.69) is 255 Å². The number of hydrogen-bond donors (Lipinski definition) is 0. The molecular weight excluding hydrogens is 769 g/mol. The van der Waals surface area contributed by atoms with E-state index in [9.17, 15) is 0 Å². The molecule has 0 spiro atoms. The maximum absolute atomic E-state index is 2.46. The summed E-state index contributed by atoms with van der Waals surface area (Å²) in [4.78, 5) is 0. The summed E-state index contributed by atoms with van der Waals surface area (Å²) in [6.07, 6.45) is 0. The zero-order valence-corrected chi connectivity index (χ0v) is 35.2. The third kappa shape index (κ3) is 6.56. The van der Waals surface area contributed by atoms with Gasteiger partial charge in [-0.25, -0.2) is 0 Å². The minimum Gasteiger partial charge on any atom is -0.0622 e. The van der Waals surface area contributed by atoms with E-state index in [1.54, 1.807) is 0 Å². The van der Waals surface area contributed by atoms with Crippen molar-refractivity contribution in [2.24, 2.45) is 0 Å². The Morgan fingerprint density at radius 2 is 0.531 bits per heavy atom. The molecule has 0 atom stereocenters. The van der Waals surface area contributed by atoms with Crippen LogP contribution in [-0.4, -0.2) is 0 Å². The third-order valence-electron chi connectivity index (χ3n) is 13.0. The fourth-order valence-corrected chi connectivity index (χ4v) is 10.1. The molecule has 0 bridgehead atoms. The molecule has 0 N–H and O–H groups in total. The summed E-state index contributed by atoms with van der Waals surface area (Å²) >= 11 is 0. The summed E-state index contributed by atoms with van der Waals surface area (Å²) in [5.74, 6) is 0. The van der Waals surface area contributed by atoms with Gasteiger partial charge in [0.15, 0.2) is 0 Å². The first-order valence-electron chi connectivity index (χ1n) is 22.2. The zero-order valence-electron chi connectivity index (χ0n) is 35.2. The first-order valence-corrected chi connectivity index (χ1v) is 22.2. The lowest BCUT2D eigenvalue weighted by molar-refractivity contribution is 1.56. The highest BCUT2D eigenvalue weighted by Crippen LogP contribution is 2.54. The van der Waals surface area contributed by atoms with E-state index in [0.29, 0.717) is 0 Å². The molecule has 0 saturated carbocycles. The summed E-state index contributed by atoms with van der Waals surface area (Å²) in [5.41, 5.74) is 19.2. The predicted molar refractivity (Wildman–Crippen MR) is 274 cm³/mol. The van der Waals surface area contributed by atoms with Crippen LogP contribution in [0.3, 0.4) is 0 Å². The maximum Gasteiger partial charge on any atom is -0.000741 e. The second-order valence-electron chi connectivity index (χ2n) is 16.8. The Labute approximate surface area is 374 Å². The normalized spacial score (nSPS) is 11.4. The lowest BCUT2D eigenvalue weighted by Gasteiger charge is -2.26. The van der Waals surface area contributed by atoms with E-state index in [1.165, 1.54) is 121 Å². The first kappa shape index (κ1) is 37.4. The molecule has 0 amide bonds. The monoisotopic (exact) mass is 810 g/mol. The highest BCUT2D eigenvalue weighted by molar-refractivity contribution is 6.34. The van der Waals surface area contributed by atoms with Gasteiger partial charge in [0.25, 0.3) is 0 Å². The fourth-order valence-electron chi connectivity index (χ4n) is 10.1. The molecule has 12 aromatic rings. The van der Waals surface area contributed by atoms with Crippen LogP contribution >= 0.6 is 0 Å². The van der Waals surface area contributed by atoms with Gasteiger partial charge in [0.2, 0.25) is 0 Å². The van der Waals surface area contributed by atoms with Gasteiger partial charge in [0.05, 0.1) is 0 Å². The smallest absolute Gasteiger partial charge is 0.000741 e. The molecule has 0 fully saturated rings. The van der Waals surface area contributed by atoms with Crippen LogP contribution in [0.5, 0.6) is 0 Å². The number of benzene rings is 12. The molecule has 12 aromatic carbocycles. The van der Waals surface area contributed by atoms with Gasteiger partial charge in [0, 0.05) is 0 Å². The Morgan fingerprint density at radius 3 is 1.02 bits per heavy atom. The Kier molecular flexibility index (Phi) is 9.28. The van der Waals surface area contributed by atoms with Crippen LogP contribution in [0.2, 0.25) is 0 Å². The maximum atomic E-state index is 2.46. The molecule has 12 rings (SSSR count). The standard InChI is InChI=1S/C64H42/c1-5-18-43(19-6-1)48-27-14-31-52(38-48)58-42-56-35-13-26-47-36-37-57-60(53-32-15-28-49(39-53)44-20-7-2-8-21-44)61(54-33-16-29-50(40-54)45-22-9-3-10-23-45)62(64(58)63(57)59(47)56)55-34-17-30-51(41-55)46-24-11-4-12-25-46/h1-42H. The third-order valence-corrected chi connectivity index (χ3v) is 13.0. The minimum atomic E-state index is 1.18. The van der Waals surface area contributed by atoms with E-state index < -0.39 is 0 Å². The van der Waals surface area contributed by atoms with E-state index >= 15 is 0 Å². The van der Waals surface area contributed by atoms with Gasteiger partial charge in [-0.2, -0.15) is 0 Å². The Balaban J connectivity index is 1.29. The minimum absolute atomic E-state index is 1.18. The Morgan fingerprint density at radius 1 is 0.172 bits per heavy atom. The van der Waals surface area contributed by atoms with Crippen molar-refractivity contribution in [3.05, 3.63) is 255 Å². The lowest BCUT2D eigenvalue weighted by Crippen LogP contribution is -1.99. The van der Waals surface area contributed by atoms with Crippen LogP contribution in [0, 0.1) is 0 Å². The van der Waals surface area contributed by atoms with Gasteiger partial charge < -0.3 is 0 Å². The molecule has 0 aliphatic carbocycles. The molecule has 298 valence electrons. The van der Waals surface area contributed by atoms with Gasteiger partial charge in [-0.15, -0.1) is 0 Å². The first-order chi connectivity index (χ1) is 31.7. The van der Waals surface area contributed by atoms with Gasteiger partial charge in [-0.1, -0.05) is 224 Å². The molecule has 0 radical (unpaired) electrons. The van der Waals surface area contributed by atoms with E-state index in [4.69, 9.17) is 0 Å². The van der Waals surface area contributed by atoms with Crippen molar-refractivity contribution in [2.45, 2.75) is 0 Å². The van der Waals surface area contributed by atoms with E-state index in [0.717, 1.165) is 0 Å². The molecule has 0 aromatic heterocycles. The Bertz CT molecular complexity index is 3620. The van der Waals surface area contributed by atoms with Crippen LogP contribution < -0.4 is 0 Å². The molecule has 0 saturated heterocycles. The fraction of sp³-hybridized carbons (Fsp3) is 0. The molecular formula is C64H42. The average molecular weight is 811 g/mol. The second-order valence-corrected chi connectivity index (χ2v) is 16.8. The van der Waals surface area contributed by atoms with Crippen molar-refractivity contribution in [2.75, 3.05) is 0 Å². The SMILES string of the molecule is c1ccc(-c2cccc(-c3c(-c4cccc(-c5ccccc5)c4)c4ccc5cccc6cc(-c7cccc(-c8ccccc8)c7)c(c3-c3cccc(-c7ccccc7)c3)c4c56)c2)cc1. The quantitative estimate of drug-likeness (QED) is 0.134. The summed E-state index contributed by atoms with van der Waals surface area (Å²) in [7, 11) is 0. The zero-order chi connectivity index (χ0) is 42.4. The van der Waals surface area contributed by atoms with Crippen molar-refractivity contribution in [3.63, 3.8) is 0 Å². The lowest BCUT2D eigenvalue weighted by atomic mass is 9.76. The number of hydrogen-bond acceptors (Lipinski definition) is 0. The molecule has 0 unspecified atom stereocenters.